The zero-order valence-corrected chi connectivity index (χ0v) is 15.7. The molecule has 0 spiro atoms. The van der Waals surface area contributed by atoms with Crippen molar-refractivity contribution in [2.24, 2.45) is 0 Å². The molecule has 3 aromatic heterocycles. The molecule has 0 saturated heterocycles. The van der Waals surface area contributed by atoms with Gasteiger partial charge in [0.2, 0.25) is 0 Å². The first-order chi connectivity index (χ1) is 14.2. The van der Waals surface area contributed by atoms with Gasteiger partial charge in [-0.1, -0.05) is 12.1 Å². The number of nitrogens with two attached hydrogens (primary N) is 1. The zero-order chi connectivity index (χ0) is 20.1. The Bertz CT molecular complexity index is 1110. The van der Waals surface area contributed by atoms with Gasteiger partial charge in [-0.3, -0.25) is 14.9 Å². The second-order valence-electron chi connectivity index (χ2n) is 6.57. The Labute approximate surface area is 167 Å². The Kier molecular flexibility index (Phi) is 5.33. The van der Waals surface area contributed by atoms with Crippen LogP contribution >= 0.6 is 0 Å². The lowest BCUT2D eigenvalue weighted by molar-refractivity contribution is 0.0953. The van der Waals surface area contributed by atoms with Crippen LogP contribution in [0.15, 0.2) is 61.1 Å². The fraction of sp³-hybridized carbons (Fsp3) is 0.143. The van der Waals surface area contributed by atoms with Crippen LogP contribution in [-0.4, -0.2) is 39.2 Å². The minimum Gasteiger partial charge on any atom is -0.384 e. The van der Waals surface area contributed by atoms with E-state index in [1.54, 1.807) is 30.7 Å². The molecule has 1 aromatic carbocycles. The molecular formula is C21H21N7O. The number of nitrogens with zero attached hydrogens (tertiary/aromatic N) is 3. The average Bonchev–Trinajstić information content (AvgIpc) is 3.28. The van der Waals surface area contributed by atoms with Crippen LogP contribution in [0.5, 0.6) is 0 Å². The summed E-state index contributed by atoms with van der Waals surface area (Å²) in [5.41, 5.74) is 10.2. The monoisotopic (exact) mass is 387 g/mol. The minimum absolute atomic E-state index is 0.122. The van der Waals surface area contributed by atoms with Crippen LogP contribution in [0.2, 0.25) is 0 Å². The van der Waals surface area contributed by atoms with Gasteiger partial charge in [0.1, 0.15) is 5.82 Å². The second kappa shape index (κ2) is 8.39. The molecule has 0 saturated carbocycles. The van der Waals surface area contributed by atoms with Gasteiger partial charge in [-0.05, 0) is 30.7 Å². The van der Waals surface area contributed by atoms with E-state index >= 15 is 0 Å². The maximum Gasteiger partial charge on any atom is 0.252 e. The molecule has 3 heterocycles. The van der Waals surface area contributed by atoms with Gasteiger partial charge in [-0.25, -0.2) is 4.98 Å². The largest absolute Gasteiger partial charge is 0.384 e. The molecule has 29 heavy (non-hydrogen) atoms. The van der Waals surface area contributed by atoms with Gasteiger partial charge in [-0.15, -0.1) is 0 Å². The standard InChI is InChI=1S/C21H21N7O/c22-20-12-18(24-8-2-9-25-21(29)15-3-1-7-23-13-15)16-5-4-14(11-19(16)27-20)17-6-10-26-28-17/h1,3-7,10-13H,2,8-9H2,(H,25,29)(H,26,28)(H3,22,24,27). The van der Waals surface area contributed by atoms with Crippen molar-refractivity contribution in [1.29, 1.82) is 0 Å². The summed E-state index contributed by atoms with van der Waals surface area (Å²) in [5.74, 6) is 0.328. The number of rotatable bonds is 7. The topological polar surface area (TPSA) is 122 Å². The van der Waals surface area contributed by atoms with Crippen molar-refractivity contribution in [2.45, 2.75) is 6.42 Å². The molecule has 8 nitrogen and oxygen atoms in total. The predicted octanol–water partition coefficient (Wildman–Crippen LogP) is 2.83. The molecule has 0 aliphatic rings. The normalized spacial score (nSPS) is 10.8. The number of pyridine rings is 2. The number of amides is 1. The molecule has 0 fully saturated rings. The first kappa shape index (κ1) is 18.4. The van der Waals surface area contributed by atoms with Crippen LogP contribution in [0.4, 0.5) is 11.5 Å². The molecule has 0 unspecified atom stereocenters. The van der Waals surface area contributed by atoms with Crippen molar-refractivity contribution < 1.29 is 4.79 Å². The number of carbonyl (C=O) groups excluding carboxylic acids is 1. The number of nitrogens with one attached hydrogen (secondary N) is 3. The number of hydrogen-bond donors (Lipinski definition) is 4. The third kappa shape index (κ3) is 4.32. The maximum atomic E-state index is 12.0. The van der Waals surface area contributed by atoms with Gasteiger partial charge >= 0.3 is 0 Å². The van der Waals surface area contributed by atoms with E-state index in [0.717, 1.165) is 34.3 Å². The van der Waals surface area contributed by atoms with E-state index in [4.69, 9.17) is 5.73 Å². The highest BCUT2D eigenvalue weighted by molar-refractivity contribution is 5.95. The van der Waals surface area contributed by atoms with Crippen LogP contribution in [0, 0.1) is 0 Å². The summed E-state index contributed by atoms with van der Waals surface area (Å²) in [6, 6.07) is 13.2. The Morgan fingerprint density at radius 3 is 2.83 bits per heavy atom. The number of fused-ring (bicyclic) bond motifs is 1. The third-order valence-electron chi connectivity index (χ3n) is 4.52. The first-order valence-electron chi connectivity index (χ1n) is 9.33. The Hall–Kier alpha value is -3.94. The fourth-order valence-corrected chi connectivity index (χ4v) is 3.09. The van der Waals surface area contributed by atoms with Crippen molar-refractivity contribution in [3.8, 4) is 11.3 Å². The lowest BCUT2D eigenvalue weighted by Crippen LogP contribution is -2.25. The van der Waals surface area contributed by atoms with Crippen molar-refractivity contribution in [3.63, 3.8) is 0 Å². The summed E-state index contributed by atoms with van der Waals surface area (Å²) >= 11 is 0. The van der Waals surface area contributed by atoms with Crippen molar-refractivity contribution in [3.05, 3.63) is 66.6 Å². The SMILES string of the molecule is Nc1cc(NCCCNC(=O)c2cccnc2)c2ccc(-c3ccn[nH]3)cc2n1. The second-order valence-corrected chi connectivity index (χ2v) is 6.57. The summed E-state index contributed by atoms with van der Waals surface area (Å²) in [6.45, 7) is 1.25. The number of benzene rings is 1. The van der Waals surface area contributed by atoms with Gasteiger partial charge in [-0.2, -0.15) is 5.10 Å². The molecule has 0 bridgehead atoms. The van der Waals surface area contributed by atoms with Crippen molar-refractivity contribution in [1.82, 2.24) is 25.5 Å². The lowest BCUT2D eigenvalue weighted by Gasteiger charge is -2.12. The van der Waals surface area contributed by atoms with E-state index in [-0.39, 0.29) is 5.91 Å². The van der Waals surface area contributed by atoms with E-state index in [1.807, 2.05) is 30.3 Å². The van der Waals surface area contributed by atoms with Crippen LogP contribution < -0.4 is 16.4 Å². The van der Waals surface area contributed by atoms with Crippen LogP contribution in [0.25, 0.3) is 22.2 Å². The lowest BCUT2D eigenvalue weighted by atomic mass is 10.1. The molecule has 4 rings (SSSR count). The number of H-pyrrole nitrogens is 1. The molecule has 0 radical (unpaired) electrons. The fourth-order valence-electron chi connectivity index (χ4n) is 3.09. The molecule has 0 atom stereocenters. The van der Waals surface area contributed by atoms with E-state index in [1.165, 1.54) is 0 Å². The third-order valence-corrected chi connectivity index (χ3v) is 4.52. The molecule has 1 amide bonds. The van der Waals surface area contributed by atoms with Crippen LogP contribution in [-0.2, 0) is 0 Å². The number of anilines is 2. The van der Waals surface area contributed by atoms with Gasteiger partial charge in [0.05, 0.1) is 16.8 Å². The van der Waals surface area contributed by atoms with E-state index < -0.39 is 0 Å². The number of aromatic nitrogens is 4. The van der Waals surface area contributed by atoms with E-state index in [2.05, 4.69) is 30.8 Å². The molecule has 146 valence electrons. The van der Waals surface area contributed by atoms with E-state index in [9.17, 15) is 4.79 Å². The maximum absolute atomic E-state index is 12.0. The number of hydrogen-bond acceptors (Lipinski definition) is 6. The van der Waals surface area contributed by atoms with Gasteiger partial charge in [0.25, 0.3) is 5.91 Å². The highest BCUT2D eigenvalue weighted by Crippen LogP contribution is 2.28. The highest BCUT2D eigenvalue weighted by Gasteiger charge is 2.08. The number of aromatic amines is 1. The molecular weight excluding hydrogens is 366 g/mol. The van der Waals surface area contributed by atoms with Crippen molar-refractivity contribution >= 4 is 28.3 Å². The van der Waals surface area contributed by atoms with Gasteiger partial charge in [0.15, 0.2) is 0 Å². The summed E-state index contributed by atoms with van der Waals surface area (Å²) in [7, 11) is 0. The minimum atomic E-state index is -0.122. The van der Waals surface area contributed by atoms with Gasteiger partial charge in [0, 0.05) is 54.4 Å². The summed E-state index contributed by atoms with van der Waals surface area (Å²) in [6.07, 6.45) is 5.68. The first-order valence-corrected chi connectivity index (χ1v) is 9.33. The summed E-state index contributed by atoms with van der Waals surface area (Å²) < 4.78 is 0. The molecule has 5 N–H and O–H groups in total. The Morgan fingerprint density at radius 2 is 2.03 bits per heavy atom. The Morgan fingerprint density at radius 1 is 1.10 bits per heavy atom. The highest BCUT2D eigenvalue weighted by atomic mass is 16.1. The summed E-state index contributed by atoms with van der Waals surface area (Å²) in [5, 5.41) is 14.2. The molecule has 0 aliphatic heterocycles. The molecule has 4 aromatic rings. The number of carbonyl (C=O) groups is 1. The van der Waals surface area contributed by atoms with E-state index in [0.29, 0.717) is 24.5 Å². The predicted molar refractivity (Wildman–Crippen MR) is 113 cm³/mol. The van der Waals surface area contributed by atoms with Crippen LogP contribution in [0.1, 0.15) is 16.8 Å². The Balaban J connectivity index is 1.38. The van der Waals surface area contributed by atoms with Gasteiger partial charge < -0.3 is 16.4 Å². The molecule has 0 aliphatic carbocycles. The average molecular weight is 387 g/mol. The summed E-state index contributed by atoms with van der Waals surface area (Å²) in [4.78, 5) is 20.4. The van der Waals surface area contributed by atoms with Crippen LogP contribution in [0.3, 0.4) is 0 Å². The molecule has 8 heteroatoms. The number of nitrogen functional groups attached to an aromatic ring is 1. The smallest absolute Gasteiger partial charge is 0.252 e. The zero-order valence-electron chi connectivity index (χ0n) is 15.7. The van der Waals surface area contributed by atoms with Crippen molar-refractivity contribution in [2.75, 3.05) is 24.1 Å². The quantitative estimate of drug-likeness (QED) is 0.362.